The van der Waals surface area contributed by atoms with Crippen LogP contribution in [0.3, 0.4) is 0 Å². The molecule has 4 rings (SSSR count). The van der Waals surface area contributed by atoms with E-state index >= 15 is 0 Å². The summed E-state index contributed by atoms with van der Waals surface area (Å²) in [6, 6.07) is 13.8. The highest BCUT2D eigenvalue weighted by Gasteiger charge is 2.42. The zero-order valence-electron chi connectivity index (χ0n) is 16.2. The van der Waals surface area contributed by atoms with Crippen LogP contribution < -0.4 is 9.32 Å². The number of nitrogens with zero attached hydrogens (tertiary/aromatic N) is 2. The molecule has 1 fully saturated rings. The van der Waals surface area contributed by atoms with E-state index in [9.17, 15) is 9.90 Å². The Kier molecular flexibility index (Phi) is 4.98. The van der Waals surface area contributed by atoms with E-state index in [0.29, 0.717) is 12.0 Å². The van der Waals surface area contributed by atoms with Crippen LogP contribution in [0.1, 0.15) is 41.4 Å². The molecular weight excluding hydrogens is 376 g/mol. The summed E-state index contributed by atoms with van der Waals surface area (Å²) in [5, 5.41) is 9.58. The van der Waals surface area contributed by atoms with Crippen molar-refractivity contribution in [2.24, 2.45) is 5.41 Å². The summed E-state index contributed by atoms with van der Waals surface area (Å²) in [6.07, 6.45) is 0.653. The maximum atomic E-state index is 11.7. The van der Waals surface area contributed by atoms with E-state index in [1.165, 1.54) is 5.69 Å². The number of halogens is 1. The van der Waals surface area contributed by atoms with Crippen LogP contribution in [0.2, 0.25) is 0 Å². The van der Waals surface area contributed by atoms with Crippen LogP contribution in [0.5, 0.6) is 0 Å². The Morgan fingerprint density at radius 1 is 1.18 bits per heavy atom. The molecule has 0 saturated carbocycles. The third-order valence-electron chi connectivity index (χ3n) is 5.77. The number of benzene rings is 2. The number of anilines is 2. The lowest BCUT2D eigenvalue weighted by Crippen LogP contribution is -2.40. The maximum Gasteiger partial charge on any atom is 0.336 e. The van der Waals surface area contributed by atoms with E-state index in [1.807, 2.05) is 6.07 Å². The third-order valence-corrected chi connectivity index (χ3v) is 6.15. The standard InChI is InChI=1S/C22H25ClN2O3/c1-22(2)14-18-17(21(26)27)7-4-8-19(18)25(23)20(22)15-5-3-6-16(13-15)24-9-11-28-12-10-24/h3-8,13,20H,9-12,14H2,1-2H3,(H,26,27). The molecule has 2 aromatic rings. The van der Waals surface area contributed by atoms with Crippen molar-refractivity contribution in [3.05, 3.63) is 59.2 Å². The number of morpholine rings is 1. The van der Waals surface area contributed by atoms with E-state index in [0.717, 1.165) is 43.1 Å². The van der Waals surface area contributed by atoms with Crippen molar-refractivity contribution in [3.8, 4) is 0 Å². The molecule has 148 valence electrons. The molecule has 1 saturated heterocycles. The summed E-state index contributed by atoms with van der Waals surface area (Å²) in [7, 11) is 0. The molecule has 2 aliphatic heterocycles. The number of aromatic carboxylic acids is 1. The van der Waals surface area contributed by atoms with Crippen molar-refractivity contribution in [3.63, 3.8) is 0 Å². The summed E-state index contributed by atoms with van der Waals surface area (Å²) >= 11 is 6.85. The molecule has 28 heavy (non-hydrogen) atoms. The average Bonchev–Trinajstić information content (AvgIpc) is 2.68. The Bertz CT molecular complexity index is 893. The first-order valence-corrected chi connectivity index (χ1v) is 9.95. The topological polar surface area (TPSA) is 53.0 Å². The summed E-state index contributed by atoms with van der Waals surface area (Å²) in [6.45, 7) is 7.55. The van der Waals surface area contributed by atoms with Crippen LogP contribution in [0.15, 0.2) is 42.5 Å². The van der Waals surface area contributed by atoms with Crippen LogP contribution in [-0.4, -0.2) is 37.4 Å². The minimum Gasteiger partial charge on any atom is -0.478 e. The molecule has 1 atom stereocenters. The highest BCUT2D eigenvalue weighted by atomic mass is 35.5. The van der Waals surface area contributed by atoms with E-state index in [-0.39, 0.29) is 11.5 Å². The molecule has 1 unspecified atom stereocenters. The molecule has 2 aliphatic rings. The van der Waals surface area contributed by atoms with E-state index < -0.39 is 5.97 Å². The number of carbonyl (C=O) groups is 1. The summed E-state index contributed by atoms with van der Waals surface area (Å²) in [5.41, 5.74) is 3.99. The Labute approximate surface area is 170 Å². The van der Waals surface area contributed by atoms with Crippen molar-refractivity contribution in [1.29, 1.82) is 0 Å². The molecule has 1 N–H and O–H groups in total. The van der Waals surface area contributed by atoms with E-state index in [4.69, 9.17) is 16.5 Å². The highest BCUT2D eigenvalue weighted by Crippen LogP contribution is 2.51. The van der Waals surface area contributed by atoms with Crippen LogP contribution in [-0.2, 0) is 11.2 Å². The Morgan fingerprint density at radius 3 is 2.61 bits per heavy atom. The quantitative estimate of drug-likeness (QED) is 0.768. The predicted octanol–water partition coefficient (Wildman–Crippen LogP) is 4.51. The fourth-order valence-electron chi connectivity index (χ4n) is 4.45. The molecule has 6 heteroatoms. The van der Waals surface area contributed by atoms with Gasteiger partial charge < -0.3 is 14.7 Å². The minimum absolute atomic E-state index is 0.0632. The molecular formula is C22H25ClN2O3. The van der Waals surface area contributed by atoms with Gasteiger partial charge in [-0.3, -0.25) is 4.42 Å². The zero-order valence-corrected chi connectivity index (χ0v) is 16.9. The Morgan fingerprint density at radius 2 is 1.89 bits per heavy atom. The molecule has 0 aliphatic carbocycles. The second kappa shape index (κ2) is 7.30. The SMILES string of the molecule is CC1(C)Cc2c(C(=O)O)cccc2N(Cl)C1c1cccc(N2CCOCC2)c1. The number of rotatable bonds is 3. The van der Waals surface area contributed by atoms with Crippen LogP contribution in [0.25, 0.3) is 0 Å². The number of ether oxygens (including phenoxy) is 1. The molecule has 0 spiro atoms. The lowest BCUT2D eigenvalue weighted by molar-refractivity contribution is 0.0694. The first kappa shape index (κ1) is 19.1. The number of hydrogen-bond acceptors (Lipinski definition) is 4. The summed E-state index contributed by atoms with van der Waals surface area (Å²) in [5.74, 6) is -0.912. The minimum atomic E-state index is -0.912. The van der Waals surface area contributed by atoms with E-state index in [1.54, 1.807) is 16.6 Å². The van der Waals surface area contributed by atoms with Gasteiger partial charge in [0.15, 0.2) is 0 Å². The number of carboxylic acids is 1. The number of carboxylic acid groups (broad SMARTS) is 1. The van der Waals surface area contributed by atoms with Gasteiger partial charge in [0.25, 0.3) is 0 Å². The molecule has 0 amide bonds. The first-order valence-electron chi connectivity index (χ1n) is 9.61. The van der Waals surface area contributed by atoms with Gasteiger partial charge >= 0.3 is 5.97 Å². The Hall–Kier alpha value is -2.24. The summed E-state index contributed by atoms with van der Waals surface area (Å²) < 4.78 is 7.19. The smallest absolute Gasteiger partial charge is 0.336 e. The van der Waals surface area contributed by atoms with Gasteiger partial charge in [-0.05, 0) is 47.2 Å². The highest BCUT2D eigenvalue weighted by molar-refractivity contribution is 6.26. The van der Waals surface area contributed by atoms with Gasteiger partial charge in [-0.25, -0.2) is 4.79 Å². The van der Waals surface area contributed by atoms with Crippen LogP contribution in [0, 0.1) is 5.41 Å². The first-order chi connectivity index (χ1) is 13.4. The van der Waals surface area contributed by atoms with Gasteiger partial charge in [0.2, 0.25) is 0 Å². The van der Waals surface area contributed by atoms with Crippen molar-refractivity contribution < 1.29 is 14.6 Å². The van der Waals surface area contributed by atoms with Gasteiger partial charge in [-0.15, -0.1) is 0 Å². The average molecular weight is 401 g/mol. The summed E-state index contributed by atoms with van der Waals surface area (Å²) in [4.78, 5) is 14.0. The van der Waals surface area contributed by atoms with Crippen molar-refractivity contribution in [1.82, 2.24) is 0 Å². The second-order valence-electron chi connectivity index (χ2n) is 8.18. The largest absolute Gasteiger partial charge is 0.478 e. The van der Waals surface area contributed by atoms with Crippen LogP contribution >= 0.6 is 11.8 Å². The van der Waals surface area contributed by atoms with Gasteiger partial charge in [0.1, 0.15) is 0 Å². The fraction of sp³-hybridized carbons (Fsp3) is 0.409. The van der Waals surface area contributed by atoms with E-state index in [2.05, 4.69) is 43.0 Å². The van der Waals surface area contributed by atoms with Crippen molar-refractivity contribution >= 4 is 29.1 Å². The maximum absolute atomic E-state index is 11.7. The molecule has 5 nitrogen and oxygen atoms in total. The van der Waals surface area contributed by atoms with Gasteiger partial charge in [-0.2, -0.15) is 0 Å². The fourth-order valence-corrected chi connectivity index (χ4v) is 4.99. The second-order valence-corrected chi connectivity index (χ2v) is 8.55. The van der Waals surface area contributed by atoms with Crippen LogP contribution in [0.4, 0.5) is 11.4 Å². The predicted molar refractivity (Wildman–Crippen MR) is 111 cm³/mol. The normalized spacial score (nSPS) is 21.3. The molecule has 0 bridgehead atoms. The van der Waals surface area contributed by atoms with Gasteiger partial charge in [0, 0.05) is 30.6 Å². The zero-order chi connectivity index (χ0) is 19.9. The van der Waals surface area contributed by atoms with Crippen molar-refractivity contribution in [2.45, 2.75) is 26.3 Å². The monoisotopic (exact) mass is 400 g/mol. The molecule has 2 heterocycles. The molecule has 0 aromatic heterocycles. The lowest BCUT2D eigenvalue weighted by Gasteiger charge is -2.45. The number of fused-ring (bicyclic) bond motifs is 1. The van der Waals surface area contributed by atoms with Gasteiger partial charge in [0.05, 0.1) is 30.5 Å². The van der Waals surface area contributed by atoms with Gasteiger partial charge in [-0.1, -0.05) is 32.0 Å². The lowest BCUT2D eigenvalue weighted by atomic mass is 9.72. The Balaban J connectivity index is 1.74. The molecule has 0 radical (unpaired) electrons. The number of hydrogen-bond donors (Lipinski definition) is 1. The van der Waals surface area contributed by atoms with Crippen molar-refractivity contribution in [2.75, 3.05) is 35.6 Å². The molecule has 2 aromatic carbocycles. The third kappa shape index (κ3) is 3.33.